The summed E-state index contributed by atoms with van der Waals surface area (Å²) in [7, 11) is 0. The van der Waals surface area contributed by atoms with Gasteiger partial charge < -0.3 is 25.6 Å². The molecular formula is C24H25N9O. The van der Waals surface area contributed by atoms with Crippen molar-refractivity contribution in [2.24, 2.45) is 0 Å². The molecule has 0 bridgehead atoms. The first-order chi connectivity index (χ1) is 16.7. The van der Waals surface area contributed by atoms with Gasteiger partial charge >= 0.3 is 0 Å². The topological polar surface area (TPSA) is 110 Å². The van der Waals surface area contributed by atoms with Gasteiger partial charge in [0, 0.05) is 55.0 Å². The molecule has 2 aliphatic heterocycles. The van der Waals surface area contributed by atoms with E-state index >= 15 is 0 Å². The van der Waals surface area contributed by atoms with Crippen molar-refractivity contribution in [2.45, 2.75) is 13.0 Å². The molecule has 10 heteroatoms. The SMILES string of the molecule is Cc1c(-c2cncc(N)n2)nc(Nc2ccc(N3C=CN(C4COC4)CC3)cc2)c2nccn12. The van der Waals surface area contributed by atoms with Gasteiger partial charge in [-0.1, -0.05) is 0 Å². The molecule has 4 aromatic rings. The molecule has 6 rings (SSSR count). The third kappa shape index (κ3) is 3.67. The van der Waals surface area contributed by atoms with Crippen molar-refractivity contribution in [3.63, 3.8) is 0 Å². The van der Waals surface area contributed by atoms with Crippen molar-refractivity contribution in [1.29, 1.82) is 0 Å². The monoisotopic (exact) mass is 455 g/mol. The number of benzene rings is 1. The lowest BCUT2D eigenvalue weighted by Gasteiger charge is -2.40. The second kappa shape index (κ2) is 8.31. The van der Waals surface area contributed by atoms with Crippen LogP contribution in [-0.2, 0) is 4.74 Å². The molecule has 10 nitrogen and oxygen atoms in total. The summed E-state index contributed by atoms with van der Waals surface area (Å²) in [5.41, 5.74) is 10.9. The molecule has 0 atom stereocenters. The van der Waals surface area contributed by atoms with Crippen LogP contribution in [0.25, 0.3) is 17.0 Å². The number of nitrogens with two attached hydrogens (primary N) is 1. The highest BCUT2D eigenvalue weighted by Crippen LogP contribution is 2.28. The van der Waals surface area contributed by atoms with Crippen LogP contribution >= 0.6 is 0 Å². The number of hydrogen-bond acceptors (Lipinski definition) is 9. The molecule has 1 saturated heterocycles. The first kappa shape index (κ1) is 20.4. The number of nitrogens with zero attached hydrogens (tertiary/aromatic N) is 7. The normalized spacial score (nSPS) is 16.1. The van der Waals surface area contributed by atoms with Gasteiger partial charge in [0.2, 0.25) is 0 Å². The van der Waals surface area contributed by atoms with E-state index in [9.17, 15) is 0 Å². The molecule has 3 aromatic heterocycles. The van der Waals surface area contributed by atoms with E-state index in [1.165, 1.54) is 6.20 Å². The van der Waals surface area contributed by atoms with E-state index in [4.69, 9.17) is 15.5 Å². The Labute approximate surface area is 196 Å². The Balaban J connectivity index is 1.26. The predicted molar refractivity (Wildman–Crippen MR) is 131 cm³/mol. The Morgan fingerprint density at radius 1 is 1.06 bits per heavy atom. The lowest BCUT2D eigenvalue weighted by molar-refractivity contribution is -0.0487. The minimum absolute atomic E-state index is 0.352. The lowest BCUT2D eigenvalue weighted by atomic mass is 10.2. The number of nitrogen functional groups attached to an aromatic ring is 1. The van der Waals surface area contributed by atoms with Gasteiger partial charge in [-0.05, 0) is 31.2 Å². The Bertz CT molecular complexity index is 1360. The van der Waals surface area contributed by atoms with Crippen LogP contribution in [-0.4, -0.2) is 61.6 Å². The fraction of sp³-hybridized carbons (Fsp3) is 0.250. The van der Waals surface area contributed by atoms with Crippen molar-refractivity contribution in [2.75, 3.05) is 42.3 Å². The molecule has 0 aliphatic carbocycles. The Morgan fingerprint density at radius 3 is 2.62 bits per heavy atom. The van der Waals surface area contributed by atoms with Crippen LogP contribution in [0.4, 0.5) is 23.0 Å². The minimum atomic E-state index is 0.352. The van der Waals surface area contributed by atoms with E-state index in [0.29, 0.717) is 29.1 Å². The fourth-order valence-electron chi connectivity index (χ4n) is 4.27. The molecule has 2 aliphatic rings. The van der Waals surface area contributed by atoms with Gasteiger partial charge in [-0.2, -0.15) is 0 Å². The molecule has 1 fully saturated rings. The number of imidazole rings is 1. The van der Waals surface area contributed by atoms with Crippen LogP contribution < -0.4 is 16.0 Å². The third-order valence-electron chi connectivity index (χ3n) is 6.26. The third-order valence-corrected chi connectivity index (χ3v) is 6.26. The lowest BCUT2D eigenvalue weighted by Crippen LogP contribution is -2.50. The summed E-state index contributed by atoms with van der Waals surface area (Å²) in [6, 6.07) is 8.84. The summed E-state index contributed by atoms with van der Waals surface area (Å²) in [6.45, 7) is 5.57. The molecule has 172 valence electrons. The Morgan fingerprint density at radius 2 is 1.91 bits per heavy atom. The molecule has 3 N–H and O–H groups in total. The van der Waals surface area contributed by atoms with Gasteiger partial charge in [-0.25, -0.2) is 15.0 Å². The molecule has 5 heterocycles. The molecule has 34 heavy (non-hydrogen) atoms. The molecule has 0 saturated carbocycles. The van der Waals surface area contributed by atoms with Gasteiger partial charge in [-0.15, -0.1) is 0 Å². The van der Waals surface area contributed by atoms with Gasteiger partial charge in [-0.3, -0.25) is 9.38 Å². The van der Waals surface area contributed by atoms with Crippen molar-refractivity contribution < 1.29 is 4.74 Å². The van der Waals surface area contributed by atoms with E-state index < -0.39 is 0 Å². The quantitative estimate of drug-likeness (QED) is 0.469. The number of aromatic nitrogens is 5. The molecular weight excluding hydrogens is 430 g/mol. The molecule has 0 amide bonds. The van der Waals surface area contributed by atoms with E-state index in [-0.39, 0.29) is 0 Å². The molecule has 1 aromatic carbocycles. The number of hydrogen-bond donors (Lipinski definition) is 2. The molecule has 0 radical (unpaired) electrons. The minimum Gasteiger partial charge on any atom is -0.382 e. The number of anilines is 4. The first-order valence-corrected chi connectivity index (χ1v) is 11.2. The van der Waals surface area contributed by atoms with Crippen LogP contribution in [0, 0.1) is 6.92 Å². The molecule has 0 unspecified atom stereocenters. The largest absolute Gasteiger partial charge is 0.382 e. The predicted octanol–water partition coefficient (Wildman–Crippen LogP) is 2.81. The van der Waals surface area contributed by atoms with Crippen LogP contribution in [0.1, 0.15) is 5.69 Å². The van der Waals surface area contributed by atoms with Gasteiger partial charge in [0.1, 0.15) is 17.2 Å². The van der Waals surface area contributed by atoms with Crippen LogP contribution in [0.15, 0.2) is 61.5 Å². The van der Waals surface area contributed by atoms with Gasteiger partial charge in [0.25, 0.3) is 0 Å². The standard InChI is InChI=1S/C24H25N9O/c1-16-22(20-12-26-13-21(25)29-20)30-23(24-27-6-7-33(16)24)28-17-2-4-18(5-3-17)31-8-10-32(11-9-31)19-14-34-15-19/h2-8,10,12-13,19H,9,11,14-15H2,1H3,(H2,25,29)(H,28,30). The first-order valence-electron chi connectivity index (χ1n) is 11.2. The summed E-state index contributed by atoms with van der Waals surface area (Å²) >= 11 is 0. The van der Waals surface area contributed by atoms with E-state index in [1.807, 2.05) is 17.5 Å². The highest BCUT2D eigenvalue weighted by atomic mass is 16.5. The summed E-state index contributed by atoms with van der Waals surface area (Å²) < 4.78 is 7.30. The maximum absolute atomic E-state index is 5.86. The zero-order chi connectivity index (χ0) is 23.1. The molecule has 0 spiro atoms. The number of nitrogens with one attached hydrogen (secondary N) is 1. The Hall–Kier alpha value is -4.18. The van der Waals surface area contributed by atoms with E-state index in [0.717, 1.165) is 49.0 Å². The Kier molecular flexibility index (Phi) is 4.99. The van der Waals surface area contributed by atoms with Crippen LogP contribution in [0.2, 0.25) is 0 Å². The van der Waals surface area contributed by atoms with Crippen LogP contribution in [0.3, 0.4) is 0 Å². The van der Waals surface area contributed by atoms with E-state index in [1.54, 1.807) is 12.4 Å². The zero-order valence-corrected chi connectivity index (χ0v) is 18.8. The second-order valence-corrected chi connectivity index (χ2v) is 8.44. The summed E-state index contributed by atoms with van der Waals surface area (Å²) in [6.07, 6.45) is 11.2. The number of rotatable bonds is 5. The maximum Gasteiger partial charge on any atom is 0.180 e. The summed E-state index contributed by atoms with van der Waals surface area (Å²) in [5, 5.41) is 3.42. The average molecular weight is 456 g/mol. The number of ether oxygens (including phenoxy) is 1. The second-order valence-electron chi connectivity index (χ2n) is 8.44. The maximum atomic E-state index is 5.86. The summed E-state index contributed by atoms with van der Waals surface area (Å²) in [4.78, 5) is 22.5. The highest BCUT2D eigenvalue weighted by molar-refractivity contribution is 5.75. The van der Waals surface area contributed by atoms with Gasteiger partial charge in [0.15, 0.2) is 11.5 Å². The van der Waals surface area contributed by atoms with Crippen molar-refractivity contribution in [3.8, 4) is 11.4 Å². The fourth-order valence-corrected chi connectivity index (χ4v) is 4.27. The number of aryl methyl sites for hydroxylation is 1. The summed E-state index contributed by atoms with van der Waals surface area (Å²) in [5.74, 6) is 0.990. The van der Waals surface area contributed by atoms with Gasteiger partial charge in [0.05, 0.1) is 31.6 Å². The zero-order valence-electron chi connectivity index (χ0n) is 18.8. The highest BCUT2D eigenvalue weighted by Gasteiger charge is 2.25. The van der Waals surface area contributed by atoms with Crippen molar-refractivity contribution in [1.82, 2.24) is 29.2 Å². The smallest absolute Gasteiger partial charge is 0.180 e. The number of fused-ring (bicyclic) bond motifs is 1. The average Bonchev–Trinajstić information content (AvgIpc) is 3.32. The van der Waals surface area contributed by atoms with Crippen LogP contribution in [0.5, 0.6) is 0 Å². The van der Waals surface area contributed by atoms with E-state index in [2.05, 4.69) is 66.7 Å². The van der Waals surface area contributed by atoms with Crippen molar-refractivity contribution in [3.05, 3.63) is 67.1 Å². The van der Waals surface area contributed by atoms with Crippen molar-refractivity contribution >= 4 is 28.7 Å².